The Bertz CT molecular complexity index is 957. The smallest absolute Gasteiger partial charge is 0.236 e. The third-order valence-corrected chi connectivity index (χ3v) is 6.29. The van der Waals surface area contributed by atoms with Crippen LogP contribution < -0.4 is 14.8 Å². The zero-order valence-electron chi connectivity index (χ0n) is 15.6. The second-order valence-electron chi connectivity index (χ2n) is 6.91. The molecule has 0 saturated heterocycles. The van der Waals surface area contributed by atoms with Crippen LogP contribution in [0.5, 0.6) is 11.5 Å². The maximum Gasteiger partial charge on any atom is 0.236 e. The van der Waals surface area contributed by atoms with E-state index in [1.807, 2.05) is 26.0 Å². The van der Waals surface area contributed by atoms with Gasteiger partial charge in [-0.2, -0.15) is 0 Å². The van der Waals surface area contributed by atoms with E-state index in [0.29, 0.717) is 29.7 Å². The van der Waals surface area contributed by atoms with Crippen LogP contribution in [0.4, 0.5) is 0 Å². The fraction of sp³-hybridized carbons (Fsp3) is 0.350. The summed E-state index contributed by atoms with van der Waals surface area (Å²) >= 11 is 5.80. The number of hydrogen-bond acceptors (Lipinski definition) is 5. The van der Waals surface area contributed by atoms with Crippen molar-refractivity contribution < 1.29 is 22.7 Å². The molecule has 3 rings (SSSR count). The molecule has 1 heterocycles. The molecule has 0 aliphatic carbocycles. The number of carbonyl (C=O) groups excluding carboxylic acids is 1. The maximum absolute atomic E-state index is 12.5. The van der Waals surface area contributed by atoms with Gasteiger partial charge in [0.2, 0.25) is 5.91 Å². The average Bonchev–Trinajstić information content (AvgIpc) is 2.65. The van der Waals surface area contributed by atoms with E-state index < -0.39 is 21.5 Å². The van der Waals surface area contributed by atoms with Crippen LogP contribution in [0.25, 0.3) is 0 Å². The van der Waals surface area contributed by atoms with Gasteiger partial charge in [-0.25, -0.2) is 8.42 Å². The summed E-state index contributed by atoms with van der Waals surface area (Å²) in [5.41, 5.74) is 0.830. The van der Waals surface area contributed by atoms with Gasteiger partial charge < -0.3 is 14.8 Å². The van der Waals surface area contributed by atoms with Crippen molar-refractivity contribution in [1.82, 2.24) is 5.32 Å². The highest BCUT2D eigenvalue weighted by atomic mass is 35.5. The number of benzene rings is 2. The van der Waals surface area contributed by atoms with E-state index in [4.69, 9.17) is 21.1 Å². The number of hydrogen-bond donors (Lipinski definition) is 1. The predicted molar refractivity (Wildman–Crippen MR) is 107 cm³/mol. The molecular formula is C20H22ClNO5S. The van der Waals surface area contributed by atoms with Crippen LogP contribution in [0.15, 0.2) is 47.4 Å². The van der Waals surface area contributed by atoms with Crippen molar-refractivity contribution in [1.29, 1.82) is 0 Å². The second kappa shape index (κ2) is 8.41. The predicted octanol–water partition coefficient (Wildman–Crippen LogP) is 3.40. The van der Waals surface area contributed by atoms with Crippen LogP contribution in [0.2, 0.25) is 5.02 Å². The molecule has 0 fully saturated rings. The van der Waals surface area contributed by atoms with Crippen LogP contribution in [-0.2, 0) is 14.6 Å². The third kappa shape index (κ3) is 4.77. The summed E-state index contributed by atoms with van der Waals surface area (Å²) in [4.78, 5) is 12.6. The number of carbonyl (C=O) groups is 1. The summed E-state index contributed by atoms with van der Waals surface area (Å²) in [5.74, 6) is 0.127. The molecule has 2 aromatic carbocycles. The maximum atomic E-state index is 12.5. The Morgan fingerprint density at radius 1 is 1.07 bits per heavy atom. The van der Waals surface area contributed by atoms with Crippen LogP contribution >= 0.6 is 11.6 Å². The average molecular weight is 424 g/mol. The number of sulfone groups is 1. The van der Waals surface area contributed by atoms with E-state index in [9.17, 15) is 13.2 Å². The summed E-state index contributed by atoms with van der Waals surface area (Å²) in [6.45, 7) is 4.87. The number of ether oxygens (including phenoxy) is 2. The molecule has 0 spiro atoms. The summed E-state index contributed by atoms with van der Waals surface area (Å²) in [7, 11) is -3.76. The molecule has 150 valence electrons. The first-order valence-corrected chi connectivity index (χ1v) is 11.0. The van der Waals surface area contributed by atoms with Crippen LogP contribution in [0, 0.1) is 5.92 Å². The van der Waals surface area contributed by atoms with E-state index in [1.54, 1.807) is 6.07 Å². The van der Waals surface area contributed by atoms with E-state index in [0.717, 1.165) is 5.56 Å². The Kier molecular flexibility index (Phi) is 6.15. The normalized spacial score (nSPS) is 14.6. The molecule has 8 heteroatoms. The van der Waals surface area contributed by atoms with Crippen molar-refractivity contribution in [2.75, 3.05) is 19.0 Å². The third-order valence-electron chi connectivity index (χ3n) is 4.40. The highest BCUT2D eigenvalue weighted by Crippen LogP contribution is 2.34. The molecule has 6 nitrogen and oxygen atoms in total. The Balaban J connectivity index is 1.75. The van der Waals surface area contributed by atoms with Crippen LogP contribution in [0.3, 0.4) is 0 Å². The number of fused-ring (bicyclic) bond motifs is 1. The largest absolute Gasteiger partial charge is 0.486 e. The van der Waals surface area contributed by atoms with Crippen LogP contribution in [-0.4, -0.2) is 33.3 Å². The van der Waals surface area contributed by atoms with Gasteiger partial charge in [-0.15, -0.1) is 0 Å². The molecule has 0 bridgehead atoms. The lowest BCUT2D eigenvalue weighted by Gasteiger charge is -2.25. The summed E-state index contributed by atoms with van der Waals surface area (Å²) < 4.78 is 36.1. The minimum atomic E-state index is -3.76. The molecule has 1 aliphatic rings. The first kappa shape index (κ1) is 20.5. The summed E-state index contributed by atoms with van der Waals surface area (Å²) in [6, 6.07) is 10.9. The van der Waals surface area contributed by atoms with Gasteiger partial charge in [-0.1, -0.05) is 31.5 Å². The van der Waals surface area contributed by atoms with Gasteiger partial charge in [0, 0.05) is 5.02 Å². The fourth-order valence-electron chi connectivity index (χ4n) is 3.00. The fourth-order valence-corrected chi connectivity index (χ4v) is 4.27. The van der Waals surface area contributed by atoms with Gasteiger partial charge in [0.05, 0.1) is 10.9 Å². The monoisotopic (exact) mass is 423 g/mol. The molecule has 1 unspecified atom stereocenters. The van der Waals surface area contributed by atoms with Gasteiger partial charge in [-0.3, -0.25) is 4.79 Å². The molecule has 2 aromatic rings. The highest BCUT2D eigenvalue weighted by Gasteiger charge is 2.25. The standard InChI is InChI=1S/C20H22ClNO5S/c1-13(2)20(14-3-8-17-18(11-14)27-10-9-26-17)22-19(23)12-28(24,25)16-6-4-15(21)5-7-16/h3-8,11,13,20H,9-10,12H2,1-2H3,(H,22,23). The first-order valence-electron chi connectivity index (χ1n) is 8.93. The van der Waals surface area contributed by atoms with E-state index in [2.05, 4.69) is 5.32 Å². The quantitative estimate of drug-likeness (QED) is 0.770. The minimum Gasteiger partial charge on any atom is -0.486 e. The first-order chi connectivity index (χ1) is 13.3. The van der Waals surface area contributed by atoms with E-state index in [1.165, 1.54) is 24.3 Å². The molecule has 0 aromatic heterocycles. The molecule has 1 N–H and O–H groups in total. The zero-order chi connectivity index (χ0) is 20.3. The Hall–Kier alpha value is -2.25. The lowest BCUT2D eigenvalue weighted by Crippen LogP contribution is -2.36. The lowest BCUT2D eigenvalue weighted by atomic mass is 9.95. The SMILES string of the molecule is CC(C)C(NC(=O)CS(=O)(=O)c1ccc(Cl)cc1)c1ccc2c(c1)OCCO2. The summed E-state index contributed by atoms with van der Waals surface area (Å²) in [6.07, 6.45) is 0. The summed E-state index contributed by atoms with van der Waals surface area (Å²) in [5, 5.41) is 3.27. The molecule has 1 atom stereocenters. The molecule has 1 aliphatic heterocycles. The molecule has 1 amide bonds. The molecular weight excluding hydrogens is 402 g/mol. The van der Waals surface area contributed by atoms with Crippen molar-refractivity contribution in [2.24, 2.45) is 5.92 Å². The van der Waals surface area contributed by atoms with Crippen molar-refractivity contribution in [3.05, 3.63) is 53.1 Å². The van der Waals surface area contributed by atoms with Crippen molar-refractivity contribution >= 4 is 27.3 Å². The van der Waals surface area contributed by atoms with Gasteiger partial charge in [-0.05, 0) is 47.9 Å². The van der Waals surface area contributed by atoms with Crippen molar-refractivity contribution in [3.8, 4) is 11.5 Å². The van der Waals surface area contributed by atoms with Gasteiger partial charge in [0.25, 0.3) is 0 Å². The highest BCUT2D eigenvalue weighted by molar-refractivity contribution is 7.92. The molecule has 28 heavy (non-hydrogen) atoms. The number of halogens is 1. The Morgan fingerprint density at radius 2 is 1.71 bits per heavy atom. The van der Waals surface area contributed by atoms with Gasteiger partial charge in [0.1, 0.15) is 19.0 Å². The topological polar surface area (TPSA) is 81.7 Å². The van der Waals surface area contributed by atoms with Gasteiger partial charge >= 0.3 is 0 Å². The Morgan fingerprint density at radius 3 is 2.36 bits per heavy atom. The minimum absolute atomic E-state index is 0.0461. The van der Waals surface area contributed by atoms with Crippen LogP contribution in [0.1, 0.15) is 25.5 Å². The van der Waals surface area contributed by atoms with Gasteiger partial charge in [0.15, 0.2) is 21.3 Å². The van der Waals surface area contributed by atoms with Crippen molar-refractivity contribution in [3.63, 3.8) is 0 Å². The number of rotatable bonds is 6. The lowest BCUT2D eigenvalue weighted by molar-refractivity contribution is -0.119. The molecule has 0 saturated carbocycles. The molecule has 0 radical (unpaired) electrons. The zero-order valence-corrected chi connectivity index (χ0v) is 17.2. The van der Waals surface area contributed by atoms with E-state index >= 15 is 0 Å². The number of amides is 1. The second-order valence-corrected chi connectivity index (χ2v) is 9.33. The van der Waals surface area contributed by atoms with Crippen molar-refractivity contribution in [2.45, 2.75) is 24.8 Å². The van der Waals surface area contributed by atoms with E-state index in [-0.39, 0.29) is 16.9 Å². The number of nitrogens with one attached hydrogen (secondary N) is 1. The Labute approximate surface area is 169 Å².